The van der Waals surface area contributed by atoms with Crippen LogP contribution in [0.4, 0.5) is 0 Å². The summed E-state index contributed by atoms with van der Waals surface area (Å²) in [4.78, 5) is 27.0. The molecule has 18 heavy (non-hydrogen) atoms. The normalized spacial score (nSPS) is 9.89. The highest BCUT2D eigenvalue weighted by atomic mass is 16.5. The number of ether oxygens (including phenoxy) is 1. The van der Waals surface area contributed by atoms with Crippen LogP contribution in [0.1, 0.15) is 16.2 Å². The maximum Gasteiger partial charge on any atom is 0.270 e. The van der Waals surface area contributed by atoms with Gasteiger partial charge in [0.1, 0.15) is 5.69 Å². The third kappa shape index (κ3) is 4.92. The number of carbonyl (C=O) groups excluding carboxylic acids is 2. The van der Waals surface area contributed by atoms with Crippen molar-refractivity contribution >= 4 is 11.8 Å². The average Bonchev–Trinajstić information content (AvgIpc) is 2.36. The molecule has 6 nitrogen and oxygen atoms in total. The second-order valence-corrected chi connectivity index (χ2v) is 3.69. The lowest BCUT2D eigenvalue weighted by Crippen LogP contribution is -2.38. The second-order valence-electron chi connectivity index (χ2n) is 3.69. The van der Waals surface area contributed by atoms with Crippen molar-refractivity contribution in [3.63, 3.8) is 0 Å². The van der Waals surface area contributed by atoms with Crippen LogP contribution in [0.5, 0.6) is 0 Å². The predicted octanol–water partition coefficient (Wildman–Crippen LogP) is -0.118. The standard InChI is InChI=1S/C12H17N3O3/c1-9-4-3-5-10(15-9)12(17)14-8-11(16)13-6-7-18-2/h3-5H,6-8H2,1-2H3,(H,13,16)(H,14,17). The van der Waals surface area contributed by atoms with E-state index in [2.05, 4.69) is 15.6 Å². The van der Waals surface area contributed by atoms with Crippen molar-refractivity contribution in [2.24, 2.45) is 0 Å². The Kier molecular flexibility index (Phi) is 5.79. The highest BCUT2D eigenvalue weighted by molar-refractivity contribution is 5.94. The third-order valence-electron chi connectivity index (χ3n) is 2.16. The number of aromatic nitrogens is 1. The molecule has 0 aliphatic heterocycles. The number of hydrogen-bond acceptors (Lipinski definition) is 4. The van der Waals surface area contributed by atoms with Gasteiger partial charge in [0.05, 0.1) is 13.2 Å². The zero-order valence-electron chi connectivity index (χ0n) is 10.5. The molecule has 1 aromatic rings. The highest BCUT2D eigenvalue weighted by Crippen LogP contribution is 1.97. The molecule has 2 N–H and O–H groups in total. The lowest BCUT2D eigenvalue weighted by molar-refractivity contribution is -0.120. The molecule has 0 saturated heterocycles. The van der Waals surface area contributed by atoms with E-state index in [1.54, 1.807) is 32.2 Å². The summed E-state index contributed by atoms with van der Waals surface area (Å²) in [6, 6.07) is 5.15. The number of nitrogens with one attached hydrogen (secondary N) is 2. The molecule has 0 bridgehead atoms. The van der Waals surface area contributed by atoms with Crippen molar-refractivity contribution in [1.82, 2.24) is 15.6 Å². The zero-order valence-corrected chi connectivity index (χ0v) is 10.5. The Morgan fingerprint density at radius 3 is 2.78 bits per heavy atom. The van der Waals surface area contributed by atoms with Crippen molar-refractivity contribution in [3.05, 3.63) is 29.6 Å². The van der Waals surface area contributed by atoms with Gasteiger partial charge >= 0.3 is 0 Å². The first-order valence-electron chi connectivity index (χ1n) is 5.61. The number of nitrogens with zero attached hydrogens (tertiary/aromatic N) is 1. The van der Waals surface area contributed by atoms with Crippen LogP contribution in [0.25, 0.3) is 0 Å². The van der Waals surface area contributed by atoms with E-state index in [9.17, 15) is 9.59 Å². The Hall–Kier alpha value is -1.95. The van der Waals surface area contributed by atoms with Crippen LogP contribution in [-0.4, -0.2) is 43.6 Å². The van der Waals surface area contributed by atoms with Gasteiger partial charge in [-0.2, -0.15) is 0 Å². The molecule has 0 saturated carbocycles. The van der Waals surface area contributed by atoms with E-state index in [-0.39, 0.29) is 18.4 Å². The Balaban J connectivity index is 2.35. The summed E-state index contributed by atoms with van der Waals surface area (Å²) in [6.45, 7) is 2.60. The Bertz CT molecular complexity index is 421. The summed E-state index contributed by atoms with van der Waals surface area (Å²) >= 11 is 0. The van der Waals surface area contributed by atoms with Crippen LogP contribution in [0.2, 0.25) is 0 Å². The number of aryl methyl sites for hydroxylation is 1. The summed E-state index contributed by atoms with van der Waals surface area (Å²) < 4.78 is 4.79. The van der Waals surface area contributed by atoms with E-state index in [0.717, 1.165) is 5.69 Å². The van der Waals surface area contributed by atoms with Crippen LogP contribution in [0, 0.1) is 6.92 Å². The molecule has 0 fully saturated rings. The van der Waals surface area contributed by atoms with Gasteiger partial charge in [-0.1, -0.05) is 6.07 Å². The summed E-state index contributed by atoms with van der Waals surface area (Å²) in [6.07, 6.45) is 0. The van der Waals surface area contributed by atoms with Crippen LogP contribution in [-0.2, 0) is 9.53 Å². The minimum absolute atomic E-state index is 0.0713. The smallest absolute Gasteiger partial charge is 0.270 e. The first-order chi connectivity index (χ1) is 8.63. The SMILES string of the molecule is COCCNC(=O)CNC(=O)c1cccc(C)n1. The number of methoxy groups -OCH3 is 1. The molecule has 0 unspecified atom stereocenters. The molecule has 1 rings (SSSR count). The van der Waals surface area contributed by atoms with Crippen LogP contribution in [0.3, 0.4) is 0 Å². The summed E-state index contributed by atoms with van der Waals surface area (Å²) in [5.74, 6) is -0.617. The molecule has 6 heteroatoms. The first-order valence-corrected chi connectivity index (χ1v) is 5.61. The highest BCUT2D eigenvalue weighted by Gasteiger charge is 2.08. The number of pyridine rings is 1. The molecule has 1 aromatic heterocycles. The molecular weight excluding hydrogens is 234 g/mol. The number of carbonyl (C=O) groups is 2. The molecule has 0 radical (unpaired) electrons. The fraction of sp³-hybridized carbons (Fsp3) is 0.417. The Morgan fingerprint density at radius 2 is 2.11 bits per heavy atom. The van der Waals surface area contributed by atoms with Crippen LogP contribution >= 0.6 is 0 Å². The monoisotopic (exact) mass is 251 g/mol. The molecule has 0 spiro atoms. The lowest BCUT2D eigenvalue weighted by Gasteiger charge is -2.06. The number of rotatable bonds is 6. The van der Waals surface area contributed by atoms with Crippen molar-refractivity contribution in [1.29, 1.82) is 0 Å². The minimum atomic E-state index is -0.361. The van der Waals surface area contributed by atoms with Crippen molar-refractivity contribution in [2.45, 2.75) is 6.92 Å². The van der Waals surface area contributed by atoms with Crippen LogP contribution < -0.4 is 10.6 Å². The second kappa shape index (κ2) is 7.39. The van der Waals surface area contributed by atoms with E-state index in [0.29, 0.717) is 18.8 Å². The topological polar surface area (TPSA) is 80.3 Å². The van der Waals surface area contributed by atoms with E-state index >= 15 is 0 Å². The van der Waals surface area contributed by atoms with Gasteiger partial charge in [-0.3, -0.25) is 9.59 Å². The van der Waals surface area contributed by atoms with Crippen molar-refractivity contribution in [2.75, 3.05) is 26.8 Å². The fourth-order valence-corrected chi connectivity index (χ4v) is 1.28. The number of amides is 2. The van der Waals surface area contributed by atoms with E-state index in [1.807, 2.05) is 0 Å². The van der Waals surface area contributed by atoms with Crippen molar-refractivity contribution < 1.29 is 14.3 Å². The van der Waals surface area contributed by atoms with Crippen molar-refractivity contribution in [3.8, 4) is 0 Å². The Labute approximate surface area is 106 Å². The van der Waals surface area contributed by atoms with Gasteiger partial charge in [-0.25, -0.2) is 4.98 Å². The molecule has 0 aliphatic rings. The summed E-state index contributed by atoms with van der Waals surface area (Å²) in [5, 5.41) is 5.10. The van der Waals surface area contributed by atoms with E-state index < -0.39 is 0 Å². The molecular formula is C12H17N3O3. The number of hydrogen-bond donors (Lipinski definition) is 2. The van der Waals surface area contributed by atoms with Gasteiger partial charge in [-0.15, -0.1) is 0 Å². The van der Waals surface area contributed by atoms with Gasteiger partial charge in [0.25, 0.3) is 5.91 Å². The van der Waals surface area contributed by atoms with Gasteiger partial charge in [0.15, 0.2) is 0 Å². The minimum Gasteiger partial charge on any atom is -0.383 e. The fourth-order valence-electron chi connectivity index (χ4n) is 1.28. The third-order valence-corrected chi connectivity index (χ3v) is 2.16. The van der Waals surface area contributed by atoms with E-state index in [4.69, 9.17) is 4.74 Å². The summed E-state index contributed by atoms with van der Waals surface area (Å²) in [7, 11) is 1.55. The van der Waals surface area contributed by atoms with Gasteiger partial charge < -0.3 is 15.4 Å². The van der Waals surface area contributed by atoms with Gasteiger partial charge in [-0.05, 0) is 19.1 Å². The average molecular weight is 251 g/mol. The molecule has 1 heterocycles. The van der Waals surface area contributed by atoms with Gasteiger partial charge in [0.2, 0.25) is 5.91 Å². The molecule has 0 aliphatic carbocycles. The van der Waals surface area contributed by atoms with Crippen LogP contribution in [0.15, 0.2) is 18.2 Å². The maximum atomic E-state index is 11.7. The van der Waals surface area contributed by atoms with Gasteiger partial charge in [0, 0.05) is 19.3 Å². The maximum absolute atomic E-state index is 11.7. The first kappa shape index (κ1) is 14.1. The molecule has 0 atom stereocenters. The summed E-state index contributed by atoms with van der Waals surface area (Å²) in [5.41, 5.74) is 1.06. The molecule has 98 valence electrons. The predicted molar refractivity (Wildman–Crippen MR) is 66.2 cm³/mol. The molecule has 2 amide bonds. The lowest BCUT2D eigenvalue weighted by atomic mass is 10.3. The Morgan fingerprint density at radius 1 is 1.33 bits per heavy atom. The van der Waals surface area contributed by atoms with E-state index in [1.165, 1.54) is 0 Å². The zero-order chi connectivity index (χ0) is 13.4. The quantitative estimate of drug-likeness (QED) is 0.691. The molecule has 0 aromatic carbocycles. The largest absolute Gasteiger partial charge is 0.383 e.